The molecule has 3 nitrogen and oxygen atoms in total. The van der Waals surface area contributed by atoms with E-state index in [1.54, 1.807) is 0 Å². The molecule has 2 aromatic carbocycles. The van der Waals surface area contributed by atoms with Crippen LogP contribution in [0, 0.1) is 6.92 Å². The van der Waals surface area contributed by atoms with Crippen LogP contribution in [0.5, 0.6) is 0 Å². The second kappa shape index (κ2) is 5.13. The first-order valence-electron chi connectivity index (χ1n) is 6.32. The predicted octanol–water partition coefficient (Wildman–Crippen LogP) is 4.63. The van der Waals surface area contributed by atoms with E-state index < -0.39 is 0 Å². The fraction of sp³-hybridized carbons (Fsp3) is 0.0625. The number of nitrogen functional groups attached to an aromatic ring is 1. The van der Waals surface area contributed by atoms with E-state index in [9.17, 15) is 0 Å². The van der Waals surface area contributed by atoms with Crippen LogP contribution in [0.1, 0.15) is 5.69 Å². The van der Waals surface area contributed by atoms with Gasteiger partial charge >= 0.3 is 0 Å². The van der Waals surface area contributed by atoms with E-state index in [4.69, 9.17) is 5.73 Å². The molecule has 0 radical (unpaired) electrons. The summed E-state index contributed by atoms with van der Waals surface area (Å²) >= 11 is 3.58. The Morgan fingerprint density at radius 2 is 1.75 bits per heavy atom. The minimum atomic E-state index is 0.705. The number of halogens is 1. The molecule has 3 aromatic rings. The number of aromatic nitrogens is 1. The minimum absolute atomic E-state index is 0.705. The molecule has 20 heavy (non-hydrogen) atoms. The normalized spacial score (nSPS) is 10.7. The molecule has 0 atom stereocenters. The molecular formula is C16H14BrN3. The number of hydrogen-bond donors (Lipinski definition) is 2. The number of nitrogens with one attached hydrogen (secondary N) is 1. The zero-order valence-corrected chi connectivity index (χ0v) is 12.6. The Balaban J connectivity index is 2.06. The summed E-state index contributed by atoms with van der Waals surface area (Å²) in [5, 5.41) is 5.68. The lowest BCUT2D eigenvalue weighted by Gasteiger charge is -2.11. The highest BCUT2D eigenvalue weighted by Gasteiger charge is 2.05. The summed E-state index contributed by atoms with van der Waals surface area (Å²) in [7, 11) is 0. The number of aryl methyl sites for hydroxylation is 1. The van der Waals surface area contributed by atoms with Crippen molar-refractivity contribution in [1.82, 2.24) is 4.98 Å². The van der Waals surface area contributed by atoms with Crippen molar-refractivity contribution in [2.45, 2.75) is 6.92 Å². The number of hydrogen-bond acceptors (Lipinski definition) is 3. The maximum atomic E-state index is 5.80. The molecule has 4 heteroatoms. The fourth-order valence-electron chi connectivity index (χ4n) is 2.15. The van der Waals surface area contributed by atoms with Crippen molar-refractivity contribution in [3.05, 3.63) is 58.7 Å². The molecule has 0 saturated carbocycles. The Labute approximate surface area is 126 Å². The first-order chi connectivity index (χ1) is 9.65. The summed E-state index contributed by atoms with van der Waals surface area (Å²) in [4.78, 5) is 4.45. The topological polar surface area (TPSA) is 50.9 Å². The molecule has 0 amide bonds. The van der Waals surface area contributed by atoms with Gasteiger partial charge in [0.05, 0.1) is 11.4 Å². The fourth-order valence-corrected chi connectivity index (χ4v) is 2.63. The largest absolute Gasteiger partial charge is 0.397 e. The van der Waals surface area contributed by atoms with E-state index in [0.29, 0.717) is 5.69 Å². The standard InChI is InChI=1S/C16H14BrN3/c1-10-14(18)7-9-16(19-10)20-15-8-6-13(17)11-4-2-3-5-12(11)15/h2-9H,18H2,1H3,(H,19,20). The van der Waals surface area contributed by atoms with E-state index in [1.807, 2.05) is 43.3 Å². The Kier molecular flexibility index (Phi) is 3.32. The summed E-state index contributed by atoms with van der Waals surface area (Å²) in [6.45, 7) is 1.90. The quantitative estimate of drug-likeness (QED) is 0.721. The van der Waals surface area contributed by atoms with Crippen LogP contribution in [0.25, 0.3) is 10.8 Å². The van der Waals surface area contributed by atoms with Crippen molar-refractivity contribution in [2.24, 2.45) is 0 Å². The molecule has 0 saturated heterocycles. The SMILES string of the molecule is Cc1nc(Nc2ccc(Br)c3ccccc23)ccc1N. The molecule has 3 N–H and O–H groups in total. The molecule has 100 valence electrons. The van der Waals surface area contributed by atoms with Crippen LogP contribution in [-0.2, 0) is 0 Å². The smallest absolute Gasteiger partial charge is 0.130 e. The maximum absolute atomic E-state index is 5.80. The molecule has 0 fully saturated rings. The number of benzene rings is 2. The van der Waals surface area contributed by atoms with Crippen molar-refractivity contribution in [3.8, 4) is 0 Å². The highest BCUT2D eigenvalue weighted by Crippen LogP contribution is 2.31. The van der Waals surface area contributed by atoms with Crippen LogP contribution >= 0.6 is 15.9 Å². The number of nitrogens with two attached hydrogens (primary N) is 1. The first kappa shape index (κ1) is 12.9. The summed E-state index contributed by atoms with van der Waals surface area (Å²) in [6, 6.07) is 16.1. The van der Waals surface area contributed by atoms with Crippen molar-refractivity contribution in [3.63, 3.8) is 0 Å². The Morgan fingerprint density at radius 3 is 2.50 bits per heavy atom. The number of anilines is 3. The number of fused-ring (bicyclic) bond motifs is 1. The van der Waals surface area contributed by atoms with E-state index >= 15 is 0 Å². The third kappa shape index (κ3) is 2.34. The van der Waals surface area contributed by atoms with Crippen LogP contribution in [0.3, 0.4) is 0 Å². The average molecular weight is 328 g/mol. The summed E-state index contributed by atoms with van der Waals surface area (Å²) in [6.07, 6.45) is 0. The molecule has 0 spiro atoms. The number of nitrogens with zero attached hydrogens (tertiary/aromatic N) is 1. The number of pyridine rings is 1. The monoisotopic (exact) mass is 327 g/mol. The first-order valence-corrected chi connectivity index (χ1v) is 7.12. The van der Waals surface area contributed by atoms with Gasteiger partial charge in [-0.2, -0.15) is 0 Å². The molecule has 0 bridgehead atoms. The summed E-state index contributed by atoms with van der Waals surface area (Å²) in [5.41, 5.74) is 8.36. The number of rotatable bonds is 2. The lowest BCUT2D eigenvalue weighted by atomic mass is 10.1. The predicted molar refractivity (Wildman–Crippen MR) is 88.3 cm³/mol. The van der Waals surface area contributed by atoms with Crippen molar-refractivity contribution in [2.75, 3.05) is 11.1 Å². The molecule has 0 aliphatic heterocycles. The molecule has 0 aliphatic carbocycles. The van der Waals surface area contributed by atoms with Gasteiger partial charge in [-0.3, -0.25) is 0 Å². The van der Waals surface area contributed by atoms with Crippen LogP contribution in [0.15, 0.2) is 53.0 Å². The summed E-state index contributed by atoms with van der Waals surface area (Å²) < 4.78 is 1.08. The summed E-state index contributed by atoms with van der Waals surface area (Å²) in [5.74, 6) is 0.796. The van der Waals surface area contributed by atoms with Gasteiger partial charge in [-0.25, -0.2) is 4.98 Å². The van der Waals surface area contributed by atoms with Crippen LogP contribution in [0.2, 0.25) is 0 Å². The zero-order valence-electron chi connectivity index (χ0n) is 11.0. The van der Waals surface area contributed by atoms with Crippen molar-refractivity contribution in [1.29, 1.82) is 0 Å². The van der Waals surface area contributed by atoms with Gasteiger partial charge < -0.3 is 11.1 Å². The van der Waals surface area contributed by atoms with Gasteiger partial charge in [-0.15, -0.1) is 0 Å². The third-order valence-corrected chi connectivity index (χ3v) is 3.95. The second-order valence-electron chi connectivity index (χ2n) is 4.64. The molecule has 1 heterocycles. The molecule has 3 rings (SSSR count). The molecular weight excluding hydrogens is 314 g/mol. The molecule has 1 aromatic heterocycles. The van der Waals surface area contributed by atoms with E-state index in [0.717, 1.165) is 27.1 Å². The molecule has 0 unspecified atom stereocenters. The van der Waals surface area contributed by atoms with Gasteiger partial charge in [-0.05, 0) is 36.6 Å². The van der Waals surface area contributed by atoms with Crippen LogP contribution in [0.4, 0.5) is 17.2 Å². The Bertz CT molecular complexity index is 784. The van der Waals surface area contributed by atoms with E-state index in [-0.39, 0.29) is 0 Å². The zero-order chi connectivity index (χ0) is 14.1. The lowest BCUT2D eigenvalue weighted by Crippen LogP contribution is -1.98. The third-order valence-electron chi connectivity index (χ3n) is 3.26. The maximum Gasteiger partial charge on any atom is 0.130 e. The highest BCUT2D eigenvalue weighted by molar-refractivity contribution is 9.10. The van der Waals surface area contributed by atoms with Crippen molar-refractivity contribution >= 4 is 43.9 Å². The Morgan fingerprint density at radius 1 is 1.00 bits per heavy atom. The Hall–Kier alpha value is -2.07. The van der Waals surface area contributed by atoms with Gasteiger partial charge in [0, 0.05) is 15.5 Å². The van der Waals surface area contributed by atoms with E-state index in [2.05, 4.69) is 38.4 Å². The van der Waals surface area contributed by atoms with Gasteiger partial charge in [-0.1, -0.05) is 40.2 Å². The van der Waals surface area contributed by atoms with Gasteiger partial charge in [0.25, 0.3) is 0 Å². The van der Waals surface area contributed by atoms with Gasteiger partial charge in [0.1, 0.15) is 5.82 Å². The van der Waals surface area contributed by atoms with Gasteiger partial charge in [0.15, 0.2) is 0 Å². The average Bonchev–Trinajstić information content (AvgIpc) is 2.46. The second-order valence-corrected chi connectivity index (χ2v) is 5.49. The van der Waals surface area contributed by atoms with Gasteiger partial charge in [0.2, 0.25) is 0 Å². The highest BCUT2D eigenvalue weighted by atomic mass is 79.9. The minimum Gasteiger partial charge on any atom is -0.397 e. The lowest BCUT2D eigenvalue weighted by molar-refractivity contribution is 1.20. The van der Waals surface area contributed by atoms with E-state index in [1.165, 1.54) is 5.39 Å². The van der Waals surface area contributed by atoms with Crippen LogP contribution in [-0.4, -0.2) is 4.98 Å². The van der Waals surface area contributed by atoms with Crippen LogP contribution < -0.4 is 11.1 Å². The molecule has 0 aliphatic rings. The van der Waals surface area contributed by atoms with Crippen molar-refractivity contribution < 1.29 is 0 Å².